The van der Waals surface area contributed by atoms with Crippen molar-refractivity contribution in [3.05, 3.63) is 54.1 Å². The van der Waals surface area contributed by atoms with Gasteiger partial charge in [0.1, 0.15) is 12.3 Å². The first-order valence-corrected chi connectivity index (χ1v) is 9.67. The summed E-state index contributed by atoms with van der Waals surface area (Å²) in [5.41, 5.74) is 1.46. The summed E-state index contributed by atoms with van der Waals surface area (Å²) in [4.78, 5) is 37.9. The van der Waals surface area contributed by atoms with Gasteiger partial charge in [-0.25, -0.2) is 4.79 Å². The highest BCUT2D eigenvalue weighted by molar-refractivity contribution is 6.10. The van der Waals surface area contributed by atoms with E-state index in [0.29, 0.717) is 29.3 Å². The number of rotatable bonds is 8. The lowest BCUT2D eigenvalue weighted by atomic mass is 10.2. The third kappa shape index (κ3) is 5.34. The highest BCUT2D eigenvalue weighted by Crippen LogP contribution is 2.28. The molecule has 0 aromatic heterocycles. The molecule has 0 atom stereocenters. The summed E-state index contributed by atoms with van der Waals surface area (Å²) in [5, 5.41) is 2.71. The molecular weight excluding hydrogens is 372 g/mol. The summed E-state index contributed by atoms with van der Waals surface area (Å²) in [6.45, 7) is 2.20. The summed E-state index contributed by atoms with van der Waals surface area (Å²) in [5.74, 6) is -0.676. The Morgan fingerprint density at radius 2 is 1.83 bits per heavy atom. The van der Waals surface area contributed by atoms with E-state index in [2.05, 4.69) is 12.2 Å². The van der Waals surface area contributed by atoms with E-state index < -0.39 is 18.5 Å². The molecule has 0 spiro atoms. The van der Waals surface area contributed by atoms with Crippen LogP contribution in [0.15, 0.2) is 48.5 Å². The van der Waals surface area contributed by atoms with Crippen LogP contribution in [0.3, 0.4) is 0 Å². The number of amides is 2. The summed E-state index contributed by atoms with van der Waals surface area (Å²) in [6, 6.07) is 13.6. The van der Waals surface area contributed by atoms with Crippen molar-refractivity contribution in [3.8, 4) is 5.75 Å². The summed E-state index contributed by atoms with van der Waals surface area (Å²) >= 11 is 0. The number of para-hydroxylation sites is 2. The molecule has 0 unspecified atom stereocenters. The molecule has 1 heterocycles. The maximum Gasteiger partial charge on any atom is 0.338 e. The summed E-state index contributed by atoms with van der Waals surface area (Å²) in [6.07, 6.45) is 3.22. The number of hydrogen-bond acceptors (Lipinski definition) is 5. The van der Waals surface area contributed by atoms with Gasteiger partial charge in [-0.2, -0.15) is 0 Å². The third-order valence-electron chi connectivity index (χ3n) is 4.51. The van der Waals surface area contributed by atoms with E-state index in [0.717, 1.165) is 19.3 Å². The van der Waals surface area contributed by atoms with E-state index in [1.165, 1.54) is 4.90 Å². The number of nitrogens with one attached hydrogen (secondary N) is 1. The molecule has 0 aliphatic carbocycles. The van der Waals surface area contributed by atoms with Gasteiger partial charge in [-0.05, 0) is 42.8 Å². The molecule has 29 heavy (non-hydrogen) atoms. The fraction of sp³-hybridized carbons (Fsp3) is 0.318. The predicted molar refractivity (Wildman–Crippen MR) is 109 cm³/mol. The lowest BCUT2D eigenvalue weighted by molar-refractivity contribution is -0.124. The van der Waals surface area contributed by atoms with Crippen LogP contribution in [-0.2, 0) is 14.3 Å². The van der Waals surface area contributed by atoms with Crippen molar-refractivity contribution < 1.29 is 23.9 Å². The zero-order valence-electron chi connectivity index (χ0n) is 16.3. The van der Waals surface area contributed by atoms with Crippen LogP contribution < -0.4 is 15.0 Å². The number of carbonyl (C=O) groups excluding carboxylic acids is 3. The molecular formula is C22H24N2O5. The van der Waals surface area contributed by atoms with Crippen LogP contribution >= 0.6 is 0 Å². The first-order valence-electron chi connectivity index (χ1n) is 9.67. The van der Waals surface area contributed by atoms with Crippen LogP contribution in [0.5, 0.6) is 5.75 Å². The summed E-state index contributed by atoms with van der Waals surface area (Å²) < 4.78 is 10.8. The molecule has 0 radical (unpaired) electrons. The molecule has 0 saturated carbocycles. The summed E-state index contributed by atoms with van der Waals surface area (Å²) in [7, 11) is 0. The topological polar surface area (TPSA) is 84.9 Å². The lowest BCUT2D eigenvalue weighted by Crippen LogP contribution is -2.44. The minimum Gasteiger partial charge on any atom is -0.494 e. The first-order chi connectivity index (χ1) is 14.1. The molecule has 2 amide bonds. The fourth-order valence-corrected chi connectivity index (χ4v) is 2.97. The van der Waals surface area contributed by atoms with Crippen molar-refractivity contribution in [3.63, 3.8) is 0 Å². The molecule has 7 nitrogen and oxygen atoms in total. The van der Waals surface area contributed by atoms with E-state index in [4.69, 9.17) is 9.47 Å². The fourth-order valence-electron chi connectivity index (χ4n) is 2.97. The Bertz CT molecular complexity index is 879. The van der Waals surface area contributed by atoms with Crippen molar-refractivity contribution in [2.45, 2.75) is 26.2 Å². The number of fused-ring (bicyclic) bond motifs is 1. The Kier molecular flexibility index (Phi) is 6.84. The van der Waals surface area contributed by atoms with Crippen molar-refractivity contribution >= 4 is 29.2 Å². The smallest absolute Gasteiger partial charge is 0.338 e. The zero-order valence-corrected chi connectivity index (χ0v) is 16.3. The van der Waals surface area contributed by atoms with Crippen LogP contribution in [-0.4, -0.2) is 37.5 Å². The average molecular weight is 396 g/mol. The highest BCUT2D eigenvalue weighted by atomic mass is 16.5. The van der Waals surface area contributed by atoms with Crippen LogP contribution in [0, 0.1) is 0 Å². The normalized spacial score (nSPS) is 12.7. The number of esters is 1. The Hall–Kier alpha value is -3.35. The monoisotopic (exact) mass is 396 g/mol. The van der Waals surface area contributed by atoms with Gasteiger partial charge in [0.25, 0.3) is 5.91 Å². The number of nitrogens with zero attached hydrogens (tertiary/aromatic N) is 1. The molecule has 2 aromatic rings. The number of anilines is 2. The standard InChI is InChI=1S/C22H24N2O5/c1-2-3-6-13-28-17-11-9-16(10-12-17)22(27)29-15-21(26)24-14-20(25)23-18-7-4-5-8-19(18)24/h4-5,7-12H,2-3,6,13-15H2,1H3,(H,23,25). The van der Waals surface area contributed by atoms with Gasteiger partial charge in [0.05, 0.1) is 23.5 Å². The van der Waals surface area contributed by atoms with E-state index in [-0.39, 0.29) is 12.5 Å². The van der Waals surface area contributed by atoms with Gasteiger partial charge in [0.15, 0.2) is 6.61 Å². The largest absolute Gasteiger partial charge is 0.494 e. The van der Waals surface area contributed by atoms with Crippen molar-refractivity contribution in [1.29, 1.82) is 0 Å². The molecule has 152 valence electrons. The minimum absolute atomic E-state index is 0.114. The molecule has 0 fully saturated rings. The second-order valence-corrected chi connectivity index (χ2v) is 6.70. The molecule has 1 aliphatic rings. The molecule has 0 bridgehead atoms. The molecule has 1 aliphatic heterocycles. The van der Waals surface area contributed by atoms with E-state index in [9.17, 15) is 14.4 Å². The minimum atomic E-state index is -0.606. The number of benzene rings is 2. The van der Waals surface area contributed by atoms with Gasteiger partial charge in [0.2, 0.25) is 5.91 Å². The third-order valence-corrected chi connectivity index (χ3v) is 4.51. The molecule has 7 heteroatoms. The number of hydrogen-bond donors (Lipinski definition) is 1. The number of ether oxygens (including phenoxy) is 2. The lowest BCUT2D eigenvalue weighted by Gasteiger charge is -2.28. The van der Waals surface area contributed by atoms with E-state index in [1.54, 1.807) is 48.5 Å². The van der Waals surface area contributed by atoms with Crippen molar-refractivity contribution in [1.82, 2.24) is 0 Å². The van der Waals surface area contributed by atoms with Gasteiger partial charge in [-0.15, -0.1) is 0 Å². The Labute approximate surface area is 169 Å². The quantitative estimate of drug-likeness (QED) is 0.546. The van der Waals surface area contributed by atoms with Gasteiger partial charge in [0, 0.05) is 0 Å². The molecule has 2 aromatic carbocycles. The maximum absolute atomic E-state index is 12.5. The van der Waals surface area contributed by atoms with Gasteiger partial charge in [-0.3, -0.25) is 14.5 Å². The van der Waals surface area contributed by atoms with Crippen molar-refractivity contribution in [2.24, 2.45) is 0 Å². The number of carbonyl (C=O) groups is 3. The molecule has 1 N–H and O–H groups in total. The Morgan fingerprint density at radius 1 is 1.07 bits per heavy atom. The SMILES string of the molecule is CCCCCOc1ccc(C(=O)OCC(=O)N2CC(=O)Nc3ccccc32)cc1. The zero-order chi connectivity index (χ0) is 20.6. The Balaban J connectivity index is 1.54. The number of unbranched alkanes of at least 4 members (excludes halogenated alkanes) is 2. The molecule has 3 rings (SSSR count). The van der Waals surface area contributed by atoms with E-state index in [1.807, 2.05) is 0 Å². The van der Waals surface area contributed by atoms with Crippen molar-refractivity contribution in [2.75, 3.05) is 30.0 Å². The van der Waals surface area contributed by atoms with E-state index >= 15 is 0 Å². The first kappa shape index (κ1) is 20.4. The average Bonchev–Trinajstić information content (AvgIpc) is 2.74. The highest BCUT2D eigenvalue weighted by Gasteiger charge is 2.27. The van der Waals surface area contributed by atoms with Gasteiger partial charge in [-0.1, -0.05) is 31.9 Å². The van der Waals surface area contributed by atoms with Crippen LogP contribution in [0.25, 0.3) is 0 Å². The second kappa shape index (κ2) is 9.73. The Morgan fingerprint density at radius 3 is 2.59 bits per heavy atom. The second-order valence-electron chi connectivity index (χ2n) is 6.70. The molecule has 0 saturated heterocycles. The maximum atomic E-state index is 12.5. The van der Waals surface area contributed by atoms with Gasteiger partial charge >= 0.3 is 5.97 Å². The predicted octanol–water partition coefficient (Wildman–Crippen LogP) is 3.40. The van der Waals surface area contributed by atoms with Gasteiger partial charge < -0.3 is 14.8 Å². The van der Waals surface area contributed by atoms with Crippen LogP contribution in [0.2, 0.25) is 0 Å². The van der Waals surface area contributed by atoms with Crippen LogP contribution in [0.1, 0.15) is 36.5 Å². The van der Waals surface area contributed by atoms with Crippen LogP contribution in [0.4, 0.5) is 11.4 Å².